The molecule has 0 aliphatic heterocycles. The van der Waals surface area contributed by atoms with E-state index in [9.17, 15) is 0 Å². The lowest BCUT2D eigenvalue weighted by Gasteiger charge is -2.36. The molecule has 0 aromatic carbocycles. The average Bonchev–Trinajstić information content (AvgIpc) is 3.07. The Morgan fingerprint density at radius 1 is 1.37 bits per heavy atom. The summed E-state index contributed by atoms with van der Waals surface area (Å²) in [6.07, 6.45) is 11.6. The Bertz CT molecular complexity index is 961. The van der Waals surface area contributed by atoms with Crippen LogP contribution in [0.2, 0.25) is 0 Å². The van der Waals surface area contributed by atoms with E-state index in [0.717, 1.165) is 34.4 Å². The van der Waals surface area contributed by atoms with Crippen molar-refractivity contribution in [1.82, 2.24) is 15.0 Å². The van der Waals surface area contributed by atoms with Crippen molar-refractivity contribution in [3.63, 3.8) is 0 Å². The molecule has 1 aliphatic rings. The molecule has 0 radical (unpaired) electrons. The summed E-state index contributed by atoms with van der Waals surface area (Å²) in [5, 5.41) is 5.52. The van der Waals surface area contributed by atoms with E-state index in [0.29, 0.717) is 11.3 Å². The average molecular weight is 380 g/mol. The van der Waals surface area contributed by atoms with Crippen LogP contribution in [0.25, 0.3) is 10.2 Å². The predicted molar refractivity (Wildman–Crippen MR) is 112 cm³/mol. The largest absolute Gasteiger partial charge is 0.264 e. The van der Waals surface area contributed by atoms with Gasteiger partial charge in [0, 0.05) is 22.8 Å². The molecular formula is C21H25N5S. The van der Waals surface area contributed by atoms with Gasteiger partial charge in [-0.1, -0.05) is 33.3 Å². The van der Waals surface area contributed by atoms with Gasteiger partial charge in [-0.15, -0.1) is 11.3 Å². The van der Waals surface area contributed by atoms with Crippen molar-refractivity contribution in [2.45, 2.75) is 46.5 Å². The summed E-state index contributed by atoms with van der Waals surface area (Å²) in [6, 6.07) is 3.87. The molecule has 0 fully saturated rings. The maximum absolute atomic E-state index is 4.53. The second-order valence-electron chi connectivity index (χ2n) is 7.84. The minimum absolute atomic E-state index is 0.355. The summed E-state index contributed by atoms with van der Waals surface area (Å²) in [5.41, 5.74) is 5.87. The number of aryl methyl sites for hydroxylation is 1. The van der Waals surface area contributed by atoms with Crippen LogP contribution in [0.5, 0.6) is 0 Å². The number of hydrogen-bond donors (Lipinski definition) is 1. The van der Waals surface area contributed by atoms with Gasteiger partial charge in [0.1, 0.15) is 11.2 Å². The smallest absolute Gasteiger partial charge is 0.158 e. The summed E-state index contributed by atoms with van der Waals surface area (Å²) in [6.45, 7) is 7.08. The maximum Gasteiger partial charge on any atom is 0.158 e. The van der Waals surface area contributed by atoms with Crippen LogP contribution in [-0.4, -0.2) is 21.2 Å². The van der Waals surface area contributed by atoms with Crippen LogP contribution in [0.1, 0.15) is 49.6 Å². The summed E-state index contributed by atoms with van der Waals surface area (Å²) in [5.74, 6) is 1.49. The molecule has 6 heteroatoms. The fraction of sp³-hybridized carbons (Fsp3) is 0.429. The van der Waals surface area contributed by atoms with Gasteiger partial charge in [-0.3, -0.25) is 10.4 Å². The minimum atomic E-state index is 0.355. The minimum Gasteiger partial charge on any atom is -0.264 e. The molecule has 3 heterocycles. The first kappa shape index (κ1) is 18.0. The van der Waals surface area contributed by atoms with E-state index >= 15 is 0 Å². The standard InChI is InChI=1S/C21H25N5S/c1-4-21(2,3)15-7-8-17-16(10-15)18-19(23-13-24-20(18)27-17)26-25-12-14-6-5-9-22-11-14/h5-6,9,11-13,15H,4,7-8,10H2,1-3H3,(H,23,24,26)/b25-12-/t15-/m0/s1. The number of hydrogen-bond acceptors (Lipinski definition) is 6. The van der Waals surface area contributed by atoms with E-state index in [1.54, 1.807) is 24.9 Å². The summed E-state index contributed by atoms with van der Waals surface area (Å²) < 4.78 is 0. The van der Waals surface area contributed by atoms with Gasteiger partial charge >= 0.3 is 0 Å². The van der Waals surface area contributed by atoms with Crippen LogP contribution in [-0.2, 0) is 12.8 Å². The molecule has 27 heavy (non-hydrogen) atoms. The van der Waals surface area contributed by atoms with Crippen LogP contribution < -0.4 is 5.43 Å². The Morgan fingerprint density at radius 2 is 2.26 bits per heavy atom. The third kappa shape index (κ3) is 3.58. The van der Waals surface area contributed by atoms with E-state index in [4.69, 9.17) is 0 Å². The Hall–Kier alpha value is -2.34. The summed E-state index contributed by atoms with van der Waals surface area (Å²) in [7, 11) is 0. The van der Waals surface area contributed by atoms with Crippen LogP contribution in [0.4, 0.5) is 5.82 Å². The van der Waals surface area contributed by atoms with Gasteiger partial charge in [0.2, 0.25) is 0 Å². The molecule has 1 aliphatic carbocycles. The lowest BCUT2D eigenvalue weighted by atomic mass is 9.69. The van der Waals surface area contributed by atoms with Gasteiger partial charge < -0.3 is 0 Å². The first-order valence-corrected chi connectivity index (χ1v) is 10.3. The lowest BCUT2D eigenvalue weighted by Crippen LogP contribution is -2.28. The Balaban J connectivity index is 1.65. The monoisotopic (exact) mass is 379 g/mol. The highest BCUT2D eigenvalue weighted by Gasteiger charge is 2.33. The Morgan fingerprint density at radius 3 is 3.04 bits per heavy atom. The zero-order valence-corrected chi connectivity index (χ0v) is 16.9. The molecule has 1 N–H and O–H groups in total. The van der Waals surface area contributed by atoms with Gasteiger partial charge in [-0.25, -0.2) is 9.97 Å². The number of aromatic nitrogens is 3. The molecule has 0 saturated carbocycles. The van der Waals surface area contributed by atoms with Crippen molar-refractivity contribution >= 4 is 33.6 Å². The quantitative estimate of drug-likeness (QED) is 0.496. The molecule has 0 amide bonds. The molecule has 0 spiro atoms. The van der Waals surface area contributed by atoms with Crippen LogP contribution >= 0.6 is 11.3 Å². The molecule has 5 nitrogen and oxygen atoms in total. The van der Waals surface area contributed by atoms with Crippen molar-refractivity contribution < 1.29 is 0 Å². The summed E-state index contributed by atoms with van der Waals surface area (Å²) in [4.78, 5) is 15.6. The van der Waals surface area contributed by atoms with Crippen LogP contribution in [0, 0.1) is 11.3 Å². The first-order chi connectivity index (χ1) is 13.1. The molecule has 0 saturated heterocycles. The molecule has 3 aromatic heterocycles. The van der Waals surface area contributed by atoms with Gasteiger partial charge in [-0.2, -0.15) is 5.10 Å². The zero-order chi connectivity index (χ0) is 18.9. The van der Waals surface area contributed by atoms with E-state index < -0.39 is 0 Å². The molecule has 1 atom stereocenters. The third-order valence-corrected chi connectivity index (χ3v) is 7.13. The third-order valence-electron chi connectivity index (χ3n) is 5.93. The second kappa shape index (κ2) is 7.35. The van der Waals surface area contributed by atoms with Crippen molar-refractivity contribution in [2.75, 3.05) is 5.43 Å². The fourth-order valence-corrected chi connectivity index (χ4v) is 4.95. The SMILES string of the molecule is CCC(C)(C)[C@H]1CCc2sc3ncnc(N/N=C\c4cccnc4)c3c2C1. The number of nitrogens with one attached hydrogen (secondary N) is 1. The predicted octanol–water partition coefficient (Wildman–Crippen LogP) is 5.07. The molecule has 0 unspecified atom stereocenters. The molecule has 140 valence electrons. The topological polar surface area (TPSA) is 63.1 Å². The highest BCUT2D eigenvalue weighted by Crippen LogP contribution is 2.45. The molecular weight excluding hydrogens is 354 g/mol. The maximum atomic E-state index is 4.53. The molecule has 3 aromatic rings. The van der Waals surface area contributed by atoms with Gasteiger partial charge in [-0.05, 0) is 42.2 Å². The van der Waals surface area contributed by atoms with E-state index in [1.165, 1.54) is 23.3 Å². The fourth-order valence-electron chi connectivity index (χ4n) is 3.77. The zero-order valence-electron chi connectivity index (χ0n) is 16.1. The number of nitrogens with zero attached hydrogens (tertiary/aromatic N) is 4. The lowest BCUT2D eigenvalue weighted by molar-refractivity contribution is 0.184. The van der Waals surface area contributed by atoms with Crippen LogP contribution in [0.15, 0.2) is 36.0 Å². The van der Waals surface area contributed by atoms with Gasteiger partial charge in [0.05, 0.1) is 11.6 Å². The number of fused-ring (bicyclic) bond motifs is 3. The first-order valence-electron chi connectivity index (χ1n) is 9.53. The number of hydrazone groups is 1. The number of rotatable bonds is 5. The van der Waals surface area contributed by atoms with E-state index in [2.05, 4.69) is 46.3 Å². The van der Waals surface area contributed by atoms with E-state index in [-0.39, 0.29) is 0 Å². The Kier molecular flexibility index (Phi) is 4.91. The number of anilines is 1. The van der Waals surface area contributed by atoms with Gasteiger partial charge in [0.15, 0.2) is 5.82 Å². The van der Waals surface area contributed by atoms with Crippen molar-refractivity contribution in [1.29, 1.82) is 0 Å². The van der Waals surface area contributed by atoms with Crippen molar-refractivity contribution in [3.05, 3.63) is 46.9 Å². The molecule has 0 bridgehead atoms. The normalized spacial score (nSPS) is 17.4. The van der Waals surface area contributed by atoms with Crippen LogP contribution in [0.3, 0.4) is 0 Å². The molecule has 4 rings (SSSR count). The summed E-state index contributed by atoms with van der Waals surface area (Å²) >= 11 is 1.81. The van der Waals surface area contributed by atoms with Crippen molar-refractivity contribution in [3.8, 4) is 0 Å². The van der Waals surface area contributed by atoms with Crippen molar-refractivity contribution in [2.24, 2.45) is 16.4 Å². The number of thiophene rings is 1. The Labute approximate surface area is 164 Å². The van der Waals surface area contributed by atoms with E-state index in [1.807, 2.05) is 23.5 Å². The highest BCUT2D eigenvalue weighted by atomic mass is 32.1. The second-order valence-corrected chi connectivity index (χ2v) is 8.93. The number of pyridine rings is 1. The van der Waals surface area contributed by atoms with Gasteiger partial charge in [0.25, 0.3) is 0 Å². The highest BCUT2D eigenvalue weighted by molar-refractivity contribution is 7.19.